The highest BCUT2D eigenvalue weighted by Crippen LogP contribution is 2.08. The molecule has 1 N–H and O–H groups in total. The normalized spacial score (nSPS) is 12.7. The molecule has 0 saturated carbocycles. The highest BCUT2D eigenvalue weighted by atomic mass is 16.6. The Hall–Kier alpha value is -2.05. The summed E-state index contributed by atoms with van der Waals surface area (Å²) in [5, 5.41) is 2.51. The Bertz CT molecular complexity index is 476. The zero-order valence-electron chi connectivity index (χ0n) is 12.5. The SMILES string of the molecule is COC(=O)[C@H](Cc1cncn1C)NC(=O)OC(C)(C)C. The number of hydrogen-bond donors (Lipinski definition) is 1. The zero-order chi connectivity index (χ0) is 15.3. The van der Waals surface area contributed by atoms with Gasteiger partial charge in [-0.2, -0.15) is 0 Å². The zero-order valence-corrected chi connectivity index (χ0v) is 12.5. The average molecular weight is 283 g/mol. The molecule has 1 atom stereocenters. The number of nitrogens with zero attached hydrogens (tertiary/aromatic N) is 2. The number of amides is 1. The topological polar surface area (TPSA) is 82.5 Å². The van der Waals surface area contributed by atoms with Gasteiger partial charge in [0.1, 0.15) is 11.6 Å². The molecule has 1 rings (SSSR count). The molecule has 0 aromatic carbocycles. The molecule has 112 valence electrons. The summed E-state index contributed by atoms with van der Waals surface area (Å²) in [4.78, 5) is 27.4. The first-order valence-corrected chi connectivity index (χ1v) is 6.25. The number of esters is 1. The Balaban J connectivity index is 2.73. The Morgan fingerprint density at radius 1 is 1.45 bits per heavy atom. The minimum absolute atomic E-state index is 0.280. The van der Waals surface area contributed by atoms with Crippen molar-refractivity contribution in [2.24, 2.45) is 7.05 Å². The summed E-state index contributed by atoms with van der Waals surface area (Å²) in [6.07, 6.45) is 2.88. The van der Waals surface area contributed by atoms with E-state index in [2.05, 4.69) is 10.3 Å². The Labute approximate surface area is 118 Å². The van der Waals surface area contributed by atoms with Gasteiger partial charge in [0.2, 0.25) is 0 Å². The number of carbonyl (C=O) groups excluding carboxylic acids is 2. The summed E-state index contributed by atoms with van der Waals surface area (Å²) in [7, 11) is 3.08. The summed E-state index contributed by atoms with van der Waals surface area (Å²) in [6.45, 7) is 5.25. The van der Waals surface area contributed by atoms with Gasteiger partial charge in [-0.15, -0.1) is 0 Å². The number of nitrogens with one attached hydrogen (secondary N) is 1. The summed E-state index contributed by atoms with van der Waals surface area (Å²) in [5.74, 6) is -0.531. The highest BCUT2D eigenvalue weighted by Gasteiger charge is 2.26. The highest BCUT2D eigenvalue weighted by molar-refractivity contribution is 5.81. The van der Waals surface area contributed by atoms with E-state index in [1.54, 1.807) is 37.9 Å². The van der Waals surface area contributed by atoms with E-state index >= 15 is 0 Å². The van der Waals surface area contributed by atoms with Crippen LogP contribution in [0, 0.1) is 0 Å². The fourth-order valence-corrected chi connectivity index (χ4v) is 1.58. The summed E-state index contributed by atoms with van der Waals surface area (Å²) in [6, 6.07) is -0.815. The van der Waals surface area contributed by atoms with E-state index < -0.39 is 23.7 Å². The van der Waals surface area contributed by atoms with Crippen molar-refractivity contribution in [1.82, 2.24) is 14.9 Å². The standard InChI is InChI=1S/C13H21N3O4/c1-13(2,3)20-12(18)15-10(11(17)19-5)6-9-7-14-8-16(9)4/h7-8,10H,6H2,1-5H3,(H,15,18)/t10-/m0/s1. The summed E-state index contributed by atoms with van der Waals surface area (Å²) < 4.78 is 11.6. The predicted molar refractivity (Wildman–Crippen MR) is 72.1 cm³/mol. The third-order valence-corrected chi connectivity index (χ3v) is 2.51. The molecule has 7 heteroatoms. The lowest BCUT2D eigenvalue weighted by Gasteiger charge is -2.22. The monoisotopic (exact) mass is 283 g/mol. The van der Waals surface area contributed by atoms with Crippen LogP contribution in [-0.2, 0) is 27.7 Å². The van der Waals surface area contributed by atoms with Crippen LogP contribution in [0.3, 0.4) is 0 Å². The first-order chi connectivity index (χ1) is 9.23. The van der Waals surface area contributed by atoms with Gasteiger partial charge in [-0.3, -0.25) is 0 Å². The minimum atomic E-state index is -0.815. The number of imidazole rings is 1. The molecule has 20 heavy (non-hydrogen) atoms. The molecule has 1 amide bonds. The number of aryl methyl sites for hydroxylation is 1. The Morgan fingerprint density at radius 2 is 2.10 bits per heavy atom. The van der Waals surface area contributed by atoms with Gasteiger partial charge in [0, 0.05) is 25.4 Å². The van der Waals surface area contributed by atoms with Crippen molar-refractivity contribution in [2.45, 2.75) is 38.8 Å². The molecular formula is C13H21N3O4. The first kappa shape index (κ1) is 16.0. The van der Waals surface area contributed by atoms with Gasteiger partial charge < -0.3 is 19.4 Å². The van der Waals surface area contributed by atoms with Gasteiger partial charge in [-0.25, -0.2) is 14.6 Å². The smallest absolute Gasteiger partial charge is 0.408 e. The van der Waals surface area contributed by atoms with Crippen LogP contribution in [0.5, 0.6) is 0 Å². The molecule has 1 aromatic heterocycles. The summed E-state index contributed by atoms with van der Waals surface area (Å²) >= 11 is 0. The molecule has 7 nitrogen and oxygen atoms in total. The van der Waals surface area contributed by atoms with Gasteiger partial charge in [0.25, 0.3) is 0 Å². The predicted octanol–water partition coefficient (Wildman–Crippen LogP) is 1.03. The molecule has 0 aliphatic rings. The van der Waals surface area contributed by atoms with E-state index in [1.807, 2.05) is 7.05 Å². The second kappa shape index (κ2) is 6.40. The minimum Gasteiger partial charge on any atom is -0.467 e. The molecule has 0 saturated heterocycles. The van der Waals surface area contributed by atoms with E-state index in [9.17, 15) is 9.59 Å². The van der Waals surface area contributed by atoms with Crippen LogP contribution >= 0.6 is 0 Å². The molecule has 0 spiro atoms. The molecule has 0 bridgehead atoms. The Kier molecular flexibility index (Phi) is 5.12. The van der Waals surface area contributed by atoms with Crippen molar-refractivity contribution in [3.05, 3.63) is 18.2 Å². The van der Waals surface area contributed by atoms with Crippen molar-refractivity contribution in [1.29, 1.82) is 0 Å². The molecule has 0 radical (unpaired) electrons. The maximum Gasteiger partial charge on any atom is 0.408 e. The summed E-state index contributed by atoms with van der Waals surface area (Å²) in [5.41, 5.74) is 0.175. The number of rotatable bonds is 4. The van der Waals surface area contributed by atoms with Crippen LogP contribution < -0.4 is 5.32 Å². The van der Waals surface area contributed by atoms with Gasteiger partial charge in [-0.05, 0) is 20.8 Å². The average Bonchev–Trinajstić information content (AvgIpc) is 2.70. The largest absolute Gasteiger partial charge is 0.467 e. The van der Waals surface area contributed by atoms with Crippen molar-refractivity contribution >= 4 is 12.1 Å². The third-order valence-electron chi connectivity index (χ3n) is 2.51. The van der Waals surface area contributed by atoms with Gasteiger partial charge in [0.15, 0.2) is 0 Å². The number of hydrogen-bond acceptors (Lipinski definition) is 5. The Morgan fingerprint density at radius 3 is 2.55 bits per heavy atom. The molecule has 1 aromatic rings. The lowest BCUT2D eigenvalue weighted by molar-refractivity contribution is -0.143. The number of methoxy groups -OCH3 is 1. The maximum absolute atomic E-state index is 11.7. The fourth-order valence-electron chi connectivity index (χ4n) is 1.58. The van der Waals surface area contributed by atoms with Crippen LogP contribution in [-0.4, -0.2) is 40.4 Å². The maximum atomic E-state index is 11.7. The number of aromatic nitrogens is 2. The molecular weight excluding hydrogens is 262 g/mol. The molecule has 1 heterocycles. The molecule has 0 fully saturated rings. The fraction of sp³-hybridized carbons (Fsp3) is 0.615. The second-order valence-electron chi connectivity index (χ2n) is 5.42. The molecule has 0 unspecified atom stereocenters. The third kappa shape index (κ3) is 4.91. The van der Waals surface area contributed by atoms with E-state index in [4.69, 9.17) is 9.47 Å². The van der Waals surface area contributed by atoms with Crippen LogP contribution in [0.15, 0.2) is 12.5 Å². The quantitative estimate of drug-likeness (QED) is 0.834. The van der Waals surface area contributed by atoms with Crippen molar-refractivity contribution < 1.29 is 19.1 Å². The van der Waals surface area contributed by atoms with Gasteiger partial charge >= 0.3 is 12.1 Å². The van der Waals surface area contributed by atoms with Crippen LogP contribution in [0.25, 0.3) is 0 Å². The first-order valence-electron chi connectivity index (χ1n) is 6.25. The van der Waals surface area contributed by atoms with E-state index in [-0.39, 0.29) is 6.42 Å². The number of carbonyl (C=O) groups is 2. The van der Waals surface area contributed by atoms with Gasteiger partial charge in [0.05, 0.1) is 13.4 Å². The van der Waals surface area contributed by atoms with E-state index in [0.717, 1.165) is 5.69 Å². The lowest BCUT2D eigenvalue weighted by Crippen LogP contribution is -2.45. The lowest BCUT2D eigenvalue weighted by atomic mass is 10.1. The van der Waals surface area contributed by atoms with E-state index in [0.29, 0.717) is 0 Å². The van der Waals surface area contributed by atoms with Crippen molar-refractivity contribution in [3.8, 4) is 0 Å². The van der Waals surface area contributed by atoms with Crippen LogP contribution in [0.1, 0.15) is 26.5 Å². The second-order valence-corrected chi connectivity index (χ2v) is 5.42. The molecule has 0 aliphatic heterocycles. The van der Waals surface area contributed by atoms with E-state index in [1.165, 1.54) is 7.11 Å². The van der Waals surface area contributed by atoms with Crippen molar-refractivity contribution in [2.75, 3.05) is 7.11 Å². The van der Waals surface area contributed by atoms with Crippen molar-refractivity contribution in [3.63, 3.8) is 0 Å². The van der Waals surface area contributed by atoms with Gasteiger partial charge in [-0.1, -0.05) is 0 Å². The molecule has 0 aliphatic carbocycles. The number of ether oxygens (including phenoxy) is 2. The number of alkyl carbamates (subject to hydrolysis) is 1. The van der Waals surface area contributed by atoms with Crippen LogP contribution in [0.2, 0.25) is 0 Å². The van der Waals surface area contributed by atoms with Crippen LogP contribution in [0.4, 0.5) is 4.79 Å².